The van der Waals surface area contributed by atoms with Crippen LogP contribution in [0.25, 0.3) is 0 Å². The highest BCUT2D eigenvalue weighted by Crippen LogP contribution is 2.04. The molecule has 0 bridgehead atoms. The number of hydrogen-bond donors (Lipinski definition) is 1. The van der Waals surface area contributed by atoms with Gasteiger partial charge in [0.2, 0.25) is 0 Å². The minimum absolute atomic E-state index is 0.543. The van der Waals surface area contributed by atoms with Crippen molar-refractivity contribution in [1.82, 2.24) is 20.3 Å². The van der Waals surface area contributed by atoms with Crippen LogP contribution in [0.4, 0.5) is 0 Å². The number of likely N-dealkylation sites (N-methyl/N-ethyl adjacent to an activating group) is 1. The second kappa shape index (κ2) is 5.75. The van der Waals surface area contributed by atoms with Gasteiger partial charge in [-0.05, 0) is 13.0 Å². The first kappa shape index (κ1) is 11.2. The topological polar surface area (TPSA) is 42.7 Å². The molecule has 0 saturated carbocycles. The first-order chi connectivity index (χ1) is 6.76. The SMILES string of the molecule is CCCC(Cc1cn(C)nn1)NCC. The van der Waals surface area contributed by atoms with Gasteiger partial charge in [0.1, 0.15) is 0 Å². The summed E-state index contributed by atoms with van der Waals surface area (Å²) in [5.41, 5.74) is 1.08. The fourth-order valence-corrected chi connectivity index (χ4v) is 1.65. The maximum atomic E-state index is 4.09. The molecular weight excluding hydrogens is 176 g/mol. The molecule has 0 aliphatic rings. The quantitative estimate of drug-likeness (QED) is 0.742. The molecule has 1 N–H and O–H groups in total. The zero-order chi connectivity index (χ0) is 10.4. The number of nitrogens with one attached hydrogen (secondary N) is 1. The van der Waals surface area contributed by atoms with Gasteiger partial charge in [0, 0.05) is 25.7 Å². The lowest BCUT2D eigenvalue weighted by atomic mass is 10.1. The van der Waals surface area contributed by atoms with Crippen molar-refractivity contribution in [2.24, 2.45) is 7.05 Å². The Kier molecular flexibility index (Phi) is 4.59. The third-order valence-electron chi connectivity index (χ3n) is 2.24. The molecule has 1 rings (SSSR count). The third kappa shape index (κ3) is 3.46. The first-order valence-electron chi connectivity index (χ1n) is 5.34. The van der Waals surface area contributed by atoms with Crippen LogP contribution < -0.4 is 5.32 Å². The van der Waals surface area contributed by atoms with Crippen molar-refractivity contribution in [3.8, 4) is 0 Å². The van der Waals surface area contributed by atoms with Crippen molar-refractivity contribution < 1.29 is 0 Å². The summed E-state index contributed by atoms with van der Waals surface area (Å²) in [7, 11) is 1.90. The monoisotopic (exact) mass is 196 g/mol. The fraction of sp³-hybridized carbons (Fsp3) is 0.800. The summed E-state index contributed by atoms with van der Waals surface area (Å²) in [6.07, 6.45) is 5.37. The molecule has 0 saturated heterocycles. The van der Waals surface area contributed by atoms with Crippen LogP contribution in [0, 0.1) is 0 Å². The molecule has 0 aliphatic heterocycles. The summed E-state index contributed by atoms with van der Waals surface area (Å²) >= 11 is 0. The van der Waals surface area contributed by atoms with E-state index in [1.807, 2.05) is 13.2 Å². The van der Waals surface area contributed by atoms with Crippen molar-refractivity contribution in [1.29, 1.82) is 0 Å². The van der Waals surface area contributed by atoms with E-state index in [0.717, 1.165) is 18.7 Å². The van der Waals surface area contributed by atoms with Gasteiger partial charge < -0.3 is 5.32 Å². The smallest absolute Gasteiger partial charge is 0.0842 e. The summed E-state index contributed by atoms with van der Waals surface area (Å²) in [5.74, 6) is 0. The molecule has 0 aliphatic carbocycles. The van der Waals surface area contributed by atoms with Gasteiger partial charge in [0.15, 0.2) is 0 Å². The predicted molar refractivity (Wildman–Crippen MR) is 57.1 cm³/mol. The van der Waals surface area contributed by atoms with Gasteiger partial charge in [-0.25, -0.2) is 0 Å². The Morgan fingerprint density at radius 2 is 2.29 bits per heavy atom. The lowest BCUT2D eigenvalue weighted by Crippen LogP contribution is -2.30. The number of rotatable bonds is 6. The Morgan fingerprint density at radius 1 is 1.50 bits per heavy atom. The summed E-state index contributed by atoms with van der Waals surface area (Å²) < 4.78 is 1.75. The van der Waals surface area contributed by atoms with Crippen LogP contribution >= 0.6 is 0 Å². The van der Waals surface area contributed by atoms with Crippen molar-refractivity contribution in [2.75, 3.05) is 6.54 Å². The van der Waals surface area contributed by atoms with Crippen molar-refractivity contribution >= 4 is 0 Å². The molecule has 1 aromatic heterocycles. The maximum absolute atomic E-state index is 4.09. The number of aryl methyl sites for hydroxylation is 1. The molecule has 4 heteroatoms. The molecule has 0 amide bonds. The molecule has 14 heavy (non-hydrogen) atoms. The second-order valence-electron chi connectivity index (χ2n) is 3.63. The highest BCUT2D eigenvalue weighted by Gasteiger charge is 2.09. The average molecular weight is 196 g/mol. The van der Waals surface area contributed by atoms with Gasteiger partial charge in [-0.15, -0.1) is 5.10 Å². The maximum Gasteiger partial charge on any atom is 0.0842 e. The Morgan fingerprint density at radius 3 is 2.79 bits per heavy atom. The van der Waals surface area contributed by atoms with E-state index in [1.165, 1.54) is 12.8 Å². The van der Waals surface area contributed by atoms with E-state index in [0.29, 0.717) is 6.04 Å². The Bertz CT molecular complexity index is 250. The van der Waals surface area contributed by atoms with Crippen LogP contribution in [0.2, 0.25) is 0 Å². The standard InChI is InChI=1S/C10H20N4/c1-4-6-9(11-5-2)7-10-8-14(3)13-12-10/h8-9,11H,4-7H2,1-3H3. The van der Waals surface area contributed by atoms with Crippen LogP contribution in [0.1, 0.15) is 32.4 Å². The van der Waals surface area contributed by atoms with Gasteiger partial charge in [-0.3, -0.25) is 4.68 Å². The molecule has 0 radical (unpaired) electrons. The Balaban J connectivity index is 2.46. The van der Waals surface area contributed by atoms with Gasteiger partial charge in [-0.2, -0.15) is 0 Å². The Hall–Kier alpha value is -0.900. The molecule has 1 heterocycles. The molecule has 1 aromatic rings. The highest BCUT2D eigenvalue weighted by molar-refractivity contribution is 4.95. The lowest BCUT2D eigenvalue weighted by Gasteiger charge is -2.14. The van der Waals surface area contributed by atoms with Crippen LogP contribution in [-0.4, -0.2) is 27.6 Å². The first-order valence-corrected chi connectivity index (χ1v) is 5.34. The summed E-state index contributed by atoms with van der Waals surface area (Å²) in [6.45, 7) is 5.37. The van der Waals surface area contributed by atoms with Gasteiger partial charge in [0.05, 0.1) is 5.69 Å². The zero-order valence-electron chi connectivity index (χ0n) is 9.32. The molecule has 80 valence electrons. The molecule has 0 aromatic carbocycles. The van der Waals surface area contributed by atoms with E-state index in [-0.39, 0.29) is 0 Å². The van der Waals surface area contributed by atoms with Gasteiger partial charge >= 0.3 is 0 Å². The minimum atomic E-state index is 0.543. The predicted octanol–water partition coefficient (Wildman–Crippen LogP) is 1.14. The summed E-state index contributed by atoms with van der Waals surface area (Å²) in [4.78, 5) is 0. The van der Waals surface area contributed by atoms with Crippen LogP contribution in [0.3, 0.4) is 0 Å². The van der Waals surface area contributed by atoms with Crippen molar-refractivity contribution in [3.63, 3.8) is 0 Å². The van der Waals surface area contributed by atoms with Crippen LogP contribution in [0.5, 0.6) is 0 Å². The number of aromatic nitrogens is 3. The molecule has 0 fully saturated rings. The minimum Gasteiger partial charge on any atom is -0.314 e. The molecule has 1 atom stereocenters. The molecule has 1 unspecified atom stereocenters. The van der Waals surface area contributed by atoms with E-state index in [4.69, 9.17) is 0 Å². The number of hydrogen-bond acceptors (Lipinski definition) is 3. The average Bonchev–Trinajstić information content (AvgIpc) is 2.52. The van der Waals surface area contributed by atoms with E-state index >= 15 is 0 Å². The molecular formula is C10H20N4. The normalized spacial score (nSPS) is 13.1. The van der Waals surface area contributed by atoms with Crippen molar-refractivity contribution in [3.05, 3.63) is 11.9 Å². The largest absolute Gasteiger partial charge is 0.314 e. The Labute approximate surface area is 85.7 Å². The second-order valence-corrected chi connectivity index (χ2v) is 3.63. The van der Waals surface area contributed by atoms with Crippen molar-refractivity contribution in [2.45, 2.75) is 39.2 Å². The summed E-state index contributed by atoms with van der Waals surface area (Å²) in [5, 5.41) is 11.5. The molecule has 4 nitrogen and oxygen atoms in total. The van der Waals surface area contributed by atoms with Gasteiger partial charge in [0.25, 0.3) is 0 Å². The molecule has 0 spiro atoms. The van der Waals surface area contributed by atoms with E-state index in [2.05, 4.69) is 29.5 Å². The van der Waals surface area contributed by atoms with Gasteiger partial charge in [-0.1, -0.05) is 25.5 Å². The van der Waals surface area contributed by atoms with E-state index < -0.39 is 0 Å². The highest BCUT2D eigenvalue weighted by atomic mass is 15.4. The van der Waals surface area contributed by atoms with E-state index in [1.54, 1.807) is 4.68 Å². The third-order valence-corrected chi connectivity index (χ3v) is 2.24. The summed E-state index contributed by atoms with van der Waals surface area (Å²) in [6, 6.07) is 0.543. The fourth-order valence-electron chi connectivity index (χ4n) is 1.65. The van der Waals surface area contributed by atoms with Crippen LogP contribution in [-0.2, 0) is 13.5 Å². The lowest BCUT2D eigenvalue weighted by molar-refractivity contribution is 0.481. The number of nitrogens with zero attached hydrogens (tertiary/aromatic N) is 3. The van der Waals surface area contributed by atoms with Crippen LogP contribution in [0.15, 0.2) is 6.20 Å². The van der Waals surface area contributed by atoms with E-state index in [9.17, 15) is 0 Å². The zero-order valence-corrected chi connectivity index (χ0v) is 9.32.